The Bertz CT molecular complexity index is 1430. The van der Waals surface area contributed by atoms with E-state index >= 15 is 0 Å². The highest BCUT2D eigenvalue weighted by Gasteiger charge is 2.59. The number of aromatic hydroxyl groups is 1. The van der Waals surface area contributed by atoms with E-state index in [1.165, 1.54) is 18.2 Å². The molecule has 0 radical (unpaired) electrons. The van der Waals surface area contributed by atoms with Crippen LogP contribution in [0.3, 0.4) is 0 Å². The van der Waals surface area contributed by atoms with E-state index in [-0.39, 0.29) is 36.0 Å². The Balaban J connectivity index is 1.69. The van der Waals surface area contributed by atoms with Gasteiger partial charge in [-0.15, -0.1) is 0 Å². The molecule has 0 bridgehead atoms. The summed E-state index contributed by atoms with van der Waals surface area (Å²) in [5.74, 6) is -9.39. The van der Waals surface area contributed by atoms with Crippen LogP contribution in [-0.4, -0.2) is 43.5 Å². The number of carbonyl (C=O) groups is 3. The summed E-state index contributed by atoms with van der Waals surface area (Å²) < 4.78 is 27.4. The number of carbonyl (C=O) groups excluding carboxylic acids is 3. The minimum atomic E-state index is -2.65. The molecule has 1 amide bonds. The summed E-state index contributed by atoms with van der Waals surface area (Å²) in [5, 5.41) is 42.9. The third-order valence-corrected chi connectivity index (χ3v) is 7.18. The zero-order valence-corrected chi connectivity index (χ0v) is 18.0. The lowest BCUT2D eigenvalue weighted by Gasteiger charge is -2.45. The average Bonchev–Trinajstić information content (AvgIpc) is 2.78. The first-order chi connectivity index (χ1) is 16.5. The van der Waals surface area contributed by atoms with Crippen LogP contribution in [0.15, 0.2) is 53.0 Å². The van der Waals surface area contributed by atoms with Crippen molar-refractivity contribution >= 4 is 17.5 Å². The number of phenols is 1. The molecule has 3 aliphatic rings. The van der Waals surface area contributed by atoms with Crippen LogP contribution >= 0.6 is 0 Å². The maximum absolute atomic E-state index is 13.9. The molecule has 3 atom stereocenters. The van der Waals surface area contributed by atoms with Crippen LogP contribution < -0.4 is 5.73 Å². The number of benzene rings is 2. The second-order valence-electron chi connectivity index (χ2n) is 9.03. The van der Waals surface area contributed by atoms with Crippen LogP contribution in [0.2, 0.25) is 0 Å². The van der Waals surface area contributed by atoms with Gasteiger partial charge in [-0.25, -0.2) is 8.78 Å². The molecule has 35 heavy (non-hydrogen) atoms. The number of hydrogen-bond acceptors (Lipinski definition) is 7. The topological polar surface area (TPSA) is 158 Å². The molecule has 180 valence electrons. The third kappa shape index (κ3) is 3.02. The number of hydrogen-bond donors (Lipinski definition) is 5. The maximum atomic E-state index is 13.9. The average molecular weight is 483 g/mol. The first-order valence-electron chi connectivity index (χ1n) is 10.7. The number of allylic oxidation sites excluding steroid dienone is 2. The van der Waals surface area contributed by atoms with Crippen molar-refractivity contribution in [2.24, 2.45) is 17.6 Å². The summed E-state index contributed by atoms with van der Waals surface area (Å²) >= 11 is 0. The van der Waals surface area contributed by atoms with Gasteiger partial charge >= 0.3 is 0 Å². The van der Waals surface area contributed by atoms with Crippen molar-refractivity contribution in [3.8, 4) is 16.9 Å². The lowest BCUT2D eigenvalue weighted by Crippen LogP contribution is -2.57. The minimum Gasteiger partial charge on any atom is -0.511 e. The lowest BCUT2D eigenvalue weighted by molar-refractivity contribution is -0.144. The Morgan fingerprint density at radius 1 is 1.03 bits per heavy atom. The van der Waals surface area contributed by atoms with Crippen molar-refractivity contribution in [3.63, 3.8) is 0 Å². The molecule has 0 unspecified atom stereocenters. The number of ketones is 2. The van der Waals surface area contributed by atoms with Gasteiger partial charge in [-0.3, -0.25) is 14.4 Å². The van der Waals surface area contributed by atoms with E-state index in [1.807, 2.05) is 0 Å². The smallest absolute Gasteiger partial charge is 0.255 e. The molecule has 2 aromatic rings. The number of amides is 1. The second-order valence-corrected chi connectivity index (χ2v) is 9.03. The fraction of sp³-hybridized carbons (Fsp3) is 0.240. The van der Waals surface area contributed by atoms with Crippen LogP contribution in [0.25, 0.3) is 11.1 Å². The number of halogens is 2. The summed E-state index contributed by atoms with van der Waals surface area (Å²) in [4.78, 5) is 38.1. The molecule has 0 fully saturated rings. The molecule has 10 heteroatoms. The predicted octanol–water partition coefficient (Wildman–Crippen LogP) is 2.53. The van der Waals surface area contributed by atoms with Gasteiger partial charge in [0.25, 0.3) is 5.91 Å². The summed E-state index contributed by atoms with van der Waals surface area (Å²) in [6.07, 6.45) is -0.321. The largest absolute Gasteiger partial charge is 0.511 e. The molecule has 0 saturated heterocycles. The number of Topliss-reactive ketones (excluding diaryl/α,β-unsaturated/α-hetero) is 2. The first kappa shape index (κ1) is 22.7. The number of aliphatic hydroxyl groups is 3. The Hall–Kier alpha value is -4.05. The van der Waals surface area contributed by atoms with Gasteiger partial charge in [0.05, 0.1) is 5.56 Å². The number of rotatable bonds is 2. The maximum Gasteiger partial charge on any atom is 0.255 e. The van der Waals surface area contributed by atoms with E-state index in [2.05, 4.69) is 0 Å². The van der Waals surface area contributed by atoms with Crippen LogP contribution in [-0.2, 0) is 16.0 Å². The molecule has 6 N–H and O–H groups in total. The van der Waals surface area contributed by atoms with Gasteiger partial charge in [0.1, 0.15) is 22.8 Å². The van der Waals surface area contributed by atoms with Crippen LogP contribution in [0, 0.1) is 23.5 Å². The molecular formula is C25H19F2NO7. The number of nitrogens with two attached hydrogens (primary N) is 1. The van der Waals surface area contributed by atoms with Crippen LogP contribution in [0.5, 0.6) is 5.75 Å². The van der Waals surface area contributed by atoms with E-state index in [4.69, 9.17) is 5.73 Å². The number of primary amides is 1. The Labute approximate surface area is 196 Å². The van der Waals surface area contributed by atoms with E-state index in [1.54, 1.807) is 0 Å². The highest BCUT2D eigenvalue weighted by atomic mass is 19.2. The van der Waals surface area contributed by atoms with E-state index in [0.29, 0.717) is 11.1 Å². The second kappa shape index (κ2) is 7.47. The van der Waals surface area contributed by atoms with E-state index < -0.39 is 69.4 Å². The highest BCUT2D eigenvalue weighted by Crippen LogP contribution is 2.52. The van der Waals surface area contributed by atoms with Gasteiger partial charge in [-0.05, 0) is 53.6 Å². The van der Waals surface area contributed by atoms with Crippen molar-refractivity contribution in [1.29, 1.82) is 0 Å². The SMILES string of the molecule is NC(=O)C1=C(O)C[C@@H]2C[C@@H]3Cc4c(-c5ccc(F)c(F)c5)ccc(O)c4C(=O)C3=C(O)[C@]2(O)C1=O. The normalized spacial score (nSPS) is 25.8. The fourth-order valence-corrected chi connectivity index (χ4v) is 5.55. The van der Waals surface area contributed by atoms with Crippen LogP contribution in [0.4, 0.5) is 8.78 Å². The summed E-state index contributed by atoms with van der Waals surface area (Å²) in [7, 11) is 0. The van der Waals surface area contributed by atoms with Gasteiger partial charge in [0.2, 0.25) is 5.78 Å². The summed E-state index contributed by atoms with van der Waals surface area (Å²) in [5.41, 5.74) is 2.12. The van der Waals surface area contributed by atoms with Crippen molar-refractivity contribution < 1.29 is 43.6 Å². The molecule has 8 nitrogen and oxygen atoms in total. The number of fused-ring (bicyclic) bond motifs is 3. The highest BCUT2D eigenvalue weighted by molar-refractivity contribution is 6.24. The molecule has 0 aliphatic heterocycles. The van der Waals surface area contributed by atoms with Gasteiger partial charge in [0.15, 0.2) is 23.0 Å². The molecular weight excluding hydrogens is 464 g/mol. The summed E-state index contributed by atoms with van der Waals surface area (Å²) in [6, 6.07) is 5.88. The number of phenolic OH excluding ortho intramolecular Hbond substituents is 1. The molecule has 3 aliphatic carbocycles. The van der Waals surface area contributed by atoms with Crippen LogP contribution in [0.1, 0.15) is 28.8 Å². The third-order valence-electron chi connectivity index (χ3n) is 7.18. The van der Waals surface area contributed by atoms with E-state index in [0.717, 1.165) is 12.1 Å². The summed E-state index contributed by atoms with van der Waals surface area (Å²) in [6.45, 7) is 0. The zero-order valence-electron chi connectivity index (χ0n) is 18.0. The fourth-order valence-electron chi connectivity index (χ4n) is 5.55. The molecule has 5 rings (SSSR count). The van der Waals surface area contributed by atoms with Crippen molar-refractivity contribution in [3.05, 3.63) is 75.8 Å². The van der Waals surface area contributed by atoms with Crippen molar-refractivity contribution in [2.45, 2.75) is 24.9 Å². The predicted molar refractivity (Wildman–Crippen MR) is 116 cm³/mol. The van der Waals surface area contributed by atoms with Gasteiger partial charge in [0, 0.05) is 17.9 Å². The monoisotopic (exact) mass is 483 g/mol. The van der Waals surface area contributed by atoms with Crippen molar-refractivity contribution in [1.82, 2.24) is 0 Å². The van der Waals surface area contributed by atoms with Gasteiger partial charge in [-0.1, -0.05) is 12.1 Å². The van der Waals surface area contributed by atoms with E-state index in [9.17, 15) is 43.6 Å². The Morgan fingerprint density at radius 2 is 1.74 bits per heavy atom. The first-order valence-corrected chi connectivity index (χ1v) is 10.7. The minimum absolute atomic E-state index is 0.0320. The Morgan fingerprint density at radius 3 is 2.40 bits per heavy atom. The molecule has 0 aromatic heterocycles. The Kier molecular flexibility index (Phi) is 4.85. The van der Waals surface area contributed by atoms with Crippen molar-refractivity contribution in [2.75, 3.05) is 0 Å². The zero-order chi connectivity index (χ0) is 25.4. The quantitative estimate of drug-likeness (QED) is 0.411. The molecule has 2 aromatic carbocycles. The molecule has 0 spiro atoms. The lowest BCUT2D eigenvalue weighted by atomic mass is 9.60. The van der Waals surface area contributed by atoms with Gasteiger partial charge < -0.3 is 26.2 Å². The number of aliphatic hydroxyl groups excluding tert-OH is 2. The molecule has 0 heterocycles. The van der Waals surface area contributed by atoms with Gasteiger partial charge in [-0.2, -0.15) is 0 Å². The molecule has 0 saturated carbocycles. The standard InChI is InChI=1S/C25H19F2NO7/c26-14-3-1-9(7-15(14)27)12-2-4-16(29)19-13(12)6-10-5-11-8-17(30)20(24(28)34)23(33)25(11,35)22(32)18(10)21(19)31/h1-4,7,10-11,29-30,32,35H,5-6,8H2,(H2,28,34)/t10-,11+,25+/m1/s1.